The van der Waals surface area contributed by atoms with Crippen LogP contribution >= 0.6 is 0 Å². The number of carbonyl (C=O) groups excluding carboxylic acids is 3. The van der Waals surface area contributed by atoms with Crippen LogP contribution in [0.15, 0.2) is 30.3 Å². The van der Waals surface area contributed by atoms with Crippen molar-refractivity contribution in [2.24, 2.45) is 0 Å². The van der Waals surface area contributed by atoms with Crippen molar-refractivity contribution in [3.8, 4) is 0 Å². The number of likely N-dealkylation sites (tertiary alicyclic amines) is 1. The molecule has 3 saturated heterocycles. The van der Waals surface area contributed by atoms with Gasteiger partial charge < -0.3 is 24.3 Å². The van der Waals surface area contributed by atoms with Gasteiger partial charge in [-0.3, -0.25) is 14.4 Å². The molecule has 3 aliphatic rings. The fraction of sp³-hybridized carbons (Fsp3) is 0.609. The van der Waals surface area contributed by atoms with E-state index in [9.17, 15) is 14.4 Å². The number of nitrogens with zero attached hydrogens (tertiary/aromatic N) is 4. The number of hydrogen-bond acceptors (Lipinski definition) is 5. The molecule has 8 heteroatoms. The number of carbonyl (C=O) groups is 3. The van der Waals surface area contributed by atoms with E-state index < -0.39 is 6.10 Å². The van der Waals surface area contributed by atoms with Gasteiger partial charge in [-0.15, -0.1) is 0 Å². The van der Waals surface area contributed by atoms with E-state index in [2.05, 4.69) is 17.0 Å². The normalized spacial score (nSPS) is 23.0. The average Bonchev–Trinajstić information content (AvgIpc) is 3.03. The van der Waals surface area contributed by atoms with Crippen LogP contribution in [-0.2, 0) is 19.1 Å². The highest BCUT2D eigenvalue weighted by Gasteiger charge is 2.34. The van der Waals surface area contributed by atoms with E-state index in [0.717, 1.165) is 32.4 Å². The molecular formula is C23H32N4O4. The molecule has 0 spiro atoms. The van der Waals surface area contributed by atoms with E-state index in [-0.39, 0.29) is 30.8 Å². The van der Waals surface area contributed by atoms with E-state index in [1.54, 1.807) is 9.80 Å². The zero-order valence-corrected chi connectivity index (χ0v) is 18.1. The van der Waals surface area contributed by atoms with Gasteiger partial charge in [0, 0.05) is 51.4 Å². The molecule has 1 aromatic carbocycles. The smallest absolute Gasteiger partial charge is 0.253 e. The summed E-state index contributed by atoms with van der Waals surface area (Å²) < 4.78 is 5.74. The van der Waals surface area contributed by atoms with Crippen LogP contribution in [0, 0.1) is 0 Å². The molecule has 31 heavy (non-hydrogen) atoms. The molecule has 0 saturated carbocycles. The number of piperazine rings is 1. The SMILES string of the molecule is O=C1CCCCCN1CC(=O)N1CCO[C@H](C(=O)N2CCN(c3ccccc3)CC2)C1. The van der Waals surface area contributed by atoms with Crippen molar-refractivity contribution < 1.29 is 19.1 Å². The molecular weight excluding hydrogens is 396 g/mol. The van der Waals surface area contributed by atoms with Crippen LogP contribution in [0.2, 0.25) is 0 Å². The second kappa shape index (κ2) is 10.1. The van der Waals surface area contributed by atoms with Crippen molar-refractivity contribution >= 4 is 23.4 Å². The summed E-state index contributed by atoms with van der Waals surface area (Å²) in [5, 5.41) is 0. The van der Waals surface area contributed by atoms with E-state index in [1.807, 2.05) is 23.1 Å². The molecule has 0 radical (unpaired) electrons. The quantitative estimate of drug-likeness (QED) is 0.715. The zero-order valence-electron chi connectivity index (χ0n) is 18.1. The van der Waals surface area contributed by atoms with E-state index in [4.69, 9.17) is 4.74 Å². The van der Waals surface area contributed by atoms with Crippen LogP contribution < -0.4 is 4.90 Å². The van der Waals surface area contributed by atoms with E-state index >= 15 is 0 Å². The molecule has 3 aliphatic heterocycles. The van der Waals surface area contributed by atoms with Gasteiger partial charge in [0.15, 0.2) is 6.10 Å². The Morgan fingerprint density at radius 3 is 2.45 bits per heavy atom. The predicted octanol–water partition coefficient (Wildman–Crippen LogP) is 0.965. The van der Waals surface area contributed by atoms with Crippen molar-refractivity contribution in [2.45, 2.75) is 31.8 Å². The van der Waals surface area contributed by atoms with Gasteiger partial charge in [0.1, 0.15) is 0 Å². The van der Waals surface area contributed by atoms with Gasteiger partial charge in [0.2, 0.25) is 11.8 Å². The number of para-hydroxylation sites is 1. The monoisotopic (exact) mass is 428 g/mol. The van der Waals surface area contributed by atoms with Crippen molar-refractivity contribution in [1.82, 2.24) is 14.7 Å². The molecule has 0 aliphatic carbocycles. The van der Waals surface area contributed by atoms with Crippen LogP contribution in [0.1, 0.15) is 25.7 Å². The van der Waals surface area contributed by atoms with E-state index in [0.29, 0.717) is 39.2 Å². The standard InChI is InChI=1S/C23H32N4O4/c28-21-9-5-2-6-10-26(21)18-22(29)27-15-16-31-20(17-27)23(30)25-13-11-24(12-14-25)19-7-3-1-4-8-19/h1,3-4,7-8,20H,2,5-6,9-18H2/t20-/m0/s1. The number of morpholine rings is 1. The first kappa shape index (κ1) is 21.6. The number of benzene rings is 1. The lowest BCUT2D eigenvalue weighted by Crippen LogP contribution is -2.57. The third kappa shape index (κ3) is 5.36. The van der Waals surface area contributed by atoms with Gasteiger partial charge in [0.05, 0.1) is 19.7 Å². The van der Waals surface area contributed by atoms with Gasteiger partial charge in [-0.25, -0.2) is 0 Å². The minimum absolute atomic E-state index is 0.0453. The van der Waals surface area contributed by atoms with Crippen LogP contribution in [0.4, 0.5) is 5.69 Å². The molecule has 1 aromatic rings. The summed E-state index contributed by atoms with van der Waals surface area (Å²) >= 11 is 0. The minimum Gasteiger partial charge on any atom is -0.368 e. The maximum atomic E-state index is 13.0. The first-order chi connectivity index (χ1) is 15.1. The van der Waals surface area contributed by atoms with Gasteiger partial charge >= 0.3 is 0 Å². The molecule has 0 aromatic heterocycles. The Bertz CT molecular complexity index is 779. The first-order valence-corrected chi connectivity index (χ1v) is 11.4. The third-order valence-corrected chi connectivity index (χ3v) is 6.40. The predicted molar refractivity (Wildman–Crippen MR) is 117 cm³/mol. The summed E-state index contributed by atoms with van der Waals surface area (Å²) in [5.41, 5.74) is 1.17. The molecule has 3 amide bonds. The molecule has 8 nitrogen and oxygen atoms in total. The fourth-order valence-corrected chi connectivity index (χ4v) is 4.52. The second-order valence-electron chi connectivity index (χ2n) is 8.47. The lowest BCUT2D eigenvalue weighted by atomic mass is 10.2. The van der Waals surface area contributed by atoms with Crippen molar-refractivity contribution in [2.75, 3.05) is 63.9 Å². The summed E-state index contributed by atoms with van der Waals surface area (Å²) in [7, 11) is 0. The maximum Gasteiger partial charge on any atom is 0.253 e. The lowest BCUT2D eigenvalue weighted by molar-refractivity contribution is -0.156. The van der Waals surface area contributed by atoms with Gasteiger partial charge in [0.25, 0.3) is 5.91 Å². The van der Waals surface area contributed by atoms with Crippen LogP contribution in [-0.4, -0.2) is 97.5 Å². The molecule has 168 valence electrons. The van der Waals surface area contributed by atoms with E-state index in [1.165, 1.54) is 5.69 Å². The summed E-state index contributed by atoms with van der Waals surface area (Å²) in [6, 6.07) is 10.2. The molecule has 3 fully saturated rings. The minimum atomic E-state index is -0.624. The highest BCUT2D eigenvalue weighted by molar-refractivity contribution is 5.86. The summed E-state index contributed by atoms with van der Waals surface area (Å²) in [5.74, 6) is -0.0793. The number of amides is 3. The fourth-order valence-electron chi connectivity index (χ4n) is 4.52. The van der Waals surface area contributed by atoms with Gasteiger partial charge in [-0.1, -0.05) is 24.6 Å². The molecule has 1 atom stereocenters. The molecule has 3 heterocycles. The topological polar surface area (TPSA) is 73.4 Å². The van der Waals surface area contributed by atoms with Crippen molar-refractivity contribution in [1.29, 1.82) is 0 Å². The lowest BCUT2D eigenvalue weighted by Gasteiger charge is -2.39. The summed E-state index contributed by atoms with van der Waals surface area (Å²) in [6.45, 7) is 4.67. The Morgan fingerprint density at radius 1 is 0.903 bits per heavy atom. The Hall–Kier alpha value is -2.61. The largest absolute Gasteiger partial charge is 0.368 e. The average molecular weight is 429 g/mol. The highest BCUT2D eigenvalue weighted by atomic mass is 16.5. The molecule has 0 unspecified atom stereocenters. The van der Waals surface area contributed by atoms with Gasteiger partial charge in [-0.2, -0.15) is 0 Å². The second-order valence-corrected chi connectivity index (χ2v) is 8.47. The third-order valence-electron chi connectivity index (χ3n) is 6.40. The van der Waals surface area contributed by atoms with Crippen LogP contribution in [0.5, 0.6) is 0 Å². The molecule has 4 rings (SSSR count). The summed E-state index contributed by atoms with van der Waals surface area (Å²) in [6.07, 6.45) is 2.77. The zero-order chi connectivity index (χ0) is 21.6. The Morgan fingerprint density at radius 2 is 1.68 bits per heavy atom. The highest BCUT2D eigenvalue weighted by Crippen LogP contribution is 2.18. The van der Waals surface area contributed by atoms with Crippen LogP contribution in [0.3, 0.4) is 0 Å². The Labute approximate surface area is 183 Å². The Kier molecular flexibility index (Phi) is 7.06. The maximum absolute atomic E-state index is 13.0. The Balaban J connectivity index is 1.28. The summed E-state index contributed by atoms with van der Waals surface area (Å²) in [4.78, 5) is 45.5. The first-order valence-electron chi connectivity index (χ1n) is 11.4. The number of ether oxygens (including phenoxy) is 1. The van der Waals surface area contributed by atoms with Crippen molar-refractivity contribution in [3.63, 3.8) is 0 Å². The van der Waals surface area contributed by atoms with Crippen LogP contribution in [0.25, 0.3) is 0 Å². The number of rotatable bonds is 4. The van der Waals surface area contributed by atoms with Gasteiger partial charge in [-0.05, 0) is 25.0 Å². The van der Waals surface area contributed by atoms with Crippen molar-refractivity contribution in [3.05, 3.63) is 30.3 Å². The molecule has 0 N–H and O–H groups in total. The number of anilines is 1. The molecule has 0 bridgehead atoms. The number of hydrogen-bond donors (Lipinski definition) is 0.